The number of carbonyl (C=O) groups excluding carboxylic acids is 1. The molecular formula is C27H24N2O3. The lowest BCUT2D eigenvalue weighted by Crippen LogP contribution is -2.38. The molecule has 5 nitrogen and oxygen atoms in total. The standard InChI is InChI=1S/C27H24N2O3/c1-18-24(30)21-12-7-13-22(26(21)32-25(18)19-9-3-2-4-10-19)27(31)29-16-6-5-14-23(29)20-11-8-15-28-17-20/h2-4,7-13,15,17,23H,5-6,14,16H2,1H3/t23-/m0/s1. The predicted octanol–water partition coefficient (Wildman–Crippen LogP) is 5.53. The monoisotopic (exact) mass is 424 g/mol. The largest absolute Gasteiger partial charge is 0.455 e. The Morgan fingerprint density at radius 1 is 1.03 bits per heavy atom. The molecule has 0 radical (unpaired) electrons. The van der Waals surface area contributed by atoms with Crippen molar-refractivity contribution >= 4 is 16.9 Å². The highest BCUT2D eigenvalue weighted by Gasteiger charge is 2.30. The fraction of sp³-hybridized carbons (Fsp3) is 0.222. The fourth-order valence-electron chi connectivity index (χ4n) is 4.59. The van der Waals surface area contributed by atoms with Crippen LogP contribution < -0.4 is 5.43 Å². The Kier molecular flexibility index (Phi) is 5.31. The molecule has 1 aliphatic heterocycles. The molecule has 5 heteroatoms. The molecule has 2 aromatic heterocycles. The number of carbonyl (C=O) groups is 1. The first kappa shape index (κ1) is 20.2. The molecule has 3 heterocycles. The average Bonchev–Trinajstić information content (AvgIpc) is 2.86. The number of fused-ring (bicyclic) bond motifs is 1. The van der Waals surface area contributed by atoms with Crippen LogP contribution in [-0.2, 0) is 0 Å². The van der Waals surface area contributed by atoms with Gasteiger partial charge < -0.3 is 9.32 Å². The zero-order valence-corrected chi connectivity index (χ0v) is 18.0. The van der Waals surface area contributed by atoms with Crippen molar-refractivity contribution in [2.24, 2.45) is 0 Å². The third-order valence-electron chi connectivity index (χ3n) is 6.24. The van der Waals surface area contributed by atoms with Crippen molar-refractivity contribution in [1.82, 2.24) is 9.88 Å². The van der Waals surface area contributed by atoms with Gasteiger partial charge in [0.2, 0.25) is 0 Å². The number of nitrogens with zero attached hydrogens (tertiary/aromatic N) is 2. The zero-order chi connectivity index (χ0) is 22.1. The molecular weight excluding hydrogens is 400 g/mol. The van der Waals surface area contributed by atoms with E-state index in [0.29, 0.717) is 34.4 Å². The molecule has 4 aromatic rings. The van der Waals surface area contributed by atoms with Crippen molar-refractivity contribution < 1.29 is 9.21 Å². The highest BCUT2D eigenvalue weighted by atomic mass is 16.3. The van der Waals surface area contributed by atoms with Gasteiger partial charge in [-0.25, -0.2) is 0 Å². The molecule has 1 saturated heterocycles. The molecule has 0 saturated carbocycles. The lowest BCUT2D eigenvalue weighted by Gasteiger charge is -2.36. The maximum Gasteiger partial charge on any atom is 0.258 e. The summed E-state index contributed by atoms with van der Waals surface area (Å²) in [6, 6.07) is 18.7. The van der Waals surface area contributed by atoms with E-state index >= 15 is 0 Å². The van der Waals surface area contributed by atoms with Gasteiger partial charge in [0, 0.05) is 30.1 Å². The van der Waals surface area contributed by atoms with Crippen molar-refractivity contribution in [2.75, 3.05) is 6.54 Å². The lowest BCUT2D eigenvalue weighted by molar-refractivity contribution is 0.0612. The van der Waals surface area contributed by atoms with Crippen molar-refractivity contribution in [3.05, 3.63) is 100.0 Å². The summed E-state index contributed by atoms with van der Waals surface area (Å²) in [5.74, 6) is 0.390. The molecule has 160 valence electrons. The van der Waals surface area contributed by atoms with E-state index < -0.39 is 0 Å². The first-order chi connectivity index (χ1) is 15.6. The Bertz CT molecular complexity index is 1330. The van der Waals surface area contributed by atoms with Crippen LogP contribution in [-0.4, -0.2) is 22.3 Å². The molecule has 0 unspecified atom stereocenters. The van der Waals surface area contributed by atoms with Gasteiger partial charge in [-0.15, -0.1) is 0 Å². The molecule has 1 amide bonds. The first-order valence-electron chi connectivity index (χ1n) is 11.0. The van der Waals surface area contributed by atoms with Crippen LogP contribution in [0.2, 0.25) is 0 Å². The SMILES string of the molecule is Cc1c(-c2ccccc2)oc2c(C(=O)N3CCCC[C@H]3c3cccnc3)cccc2c1=O. The summed E-state index contributed by atoms with van der Waals surface area (Å²) in [5.41, 5.74) is 3.05. The van der Waals surface area contributed by atoms with Crippen LogP contribution in [0, 0.1) is 6.92 Å². The Labute approximate surface area is 186 Å². The van der Waals surface area contributed by atoms with Gasteiger partial charge in [0.25, 0.3) is 5.91 Å². The zero-order valence-electron chi connectivity index (χ0n) is 18.0. The average molecular weight is 424 g/mol. The molecule has 32 heavy (non-hydrogen) atoms. The van der Waals surface area contributed by atoms with Gasteiger partial charge in [-0.1, -0.05) is 42.5 Å². The summed E-state index contributed by atoms with van der Waals surface area (Å²) in [5, 5.41) is 0.433. The Hall–Kier alpha value is -3.73. The number of piperidine rings is 1. The minimum absolute atomic E-state index is 0.0361. The van der Waals surface area contributed by atoms with E-state index in [1.54, 1.807) is 31.3 Å². The van der Waals surface area contributed by atoms with Crippen LogP contribution in [0.4, 0.5) is 0 Å². The number of aromatic nitrogens is 1. The van der Waals surface area contributed by atoms with E-state index in [4.69, 9.17) is 4.42 Å². The van der Waals surface area contributed by atoms with Crippen LogP contribution in [0.15, 0.2) is 82.3 Å². The van der Waals surface area contributed by atoms with E-state index in [1.807, 2.05) is 53.6 Å². The normalized spacial score (nSPS) is 16.3. The quantitative estimate of drug-likeness (QED) is 0.434. The van der Waals surface area contributed by atoms with Crippen LogP contribution in [0.5, 0.6) is 0 Å². The van der Waals surface area contributed by atoms with Crippen molar-refractivity contribution in [3.8, 4) is 11.3 Å². The summed E-state index contributed by atoms with van der Waals surface area (Å²) in [7, 11) is 0. The number of rotatable bonds is 3. The van der Waals surface area contributed by atoms with Gasteiger partial charge >= 0.3 is 0 Å². The van der Waals surface area contributed by atoms with Crippen molar-refractivity contribution in [3.63, 3.8) is 0 Å². The third kappa shape index (κ3) is 3.50. The molecule has 0 bridgehead atoms. The Morgan fingerprint density at radius 2 is 1.88 bits per heavy atom. The fourth-order valence-corrected chi connectivity index (χ4v) is 4.59. The van der Waals surface area contributed by atoms with Gasteiger partial charge in [-0.2, -0.15) is 0 Å². The highest BCUT2D eigenvalue weighted by Crippen LogP contribution is 2.34. The maximum atomic E-state index is 13.8. The smallest absolute Gasteiger partial charge is 0.258 e. The molecule has 5 rings (SSSR count). The number of hydrogen-bond donors (Lipinski definition) is 0. The first-order valence-corrected chi connectivity index (χ1v) is 11.0. The van der Waals surface area contributed by atoms with Gasteiger partial charge in [0.05, 0.1) is 17.0 Å². The molecule has 0 aliphatic carbocycles. The molecule has 1 atom stereocenters. The van der Waals surface area contributed by atoms with E-state index in [-0.39, 0.29) is 17.4 Å². The third-order valence-corrected chi connectivity index (χ3v) is 6.24. The molecule has 0 spiro atoms. The van der Waals surface area contributed by atoms with Crippen LogP contribution in [0.25, 0.3) is 22.3 Å². The predicted molar refractivity (Wildman–Crippen MR) is 125 cm³/mol. The lowest BCUT2D eigenvalue weighted by atomic mass is 9.95. The summed E-state index contributed by atoms with van der Waals surface area (Å²) in [6.07, 6.45) is 6.47. The molecule has 0 N–H and O–H groups in total. The number of pyridine rings is 1. The number of hydrogen-bond acceptors (Lipinski definition) is 4. The van der Waals surface area contributed by atoms with Crippen molar-refractivity contribution in [2.45, 2.75) is 32.2 Å². The minimum Gasteiger partial charge on any atom is -0.455 e. The molecule has 1 fully saturated rings. The summed E-state index contributed by atoms with van der Waals surface area (Å²) in [6.45, 7) is 2.43. The van der Waals surface area contributed by atoms with Gasteiger partial charge in [0.15, 0.2) is 11.0 Å². The molecule has 2 aromatic carbocycles. The number of amides is 1. The second-order valence-corrected chi connectivity index (χ2v) is 8.23. The number of likely N-dealkylation sites (tertiary alicyclic amines) is 1. The van der Waals surface area contributed by atoms with Gasteiger partial charge in [-0.3, -0.25) is 14.6 Å². The van der Waals surface area contributed by atoms with Crippen LogP contribution in [0.1, 0.15) is 46.8 Å². The van der Waals surface area contributed by atoms with E-state index in [2.05, 4.69) is 4.98 Å². The van der Waals surface area contributed by atoms with E-state index in [9.17, 15) is 9.59 Å². The van der Waals surface area contributed by atoms with Gasteiger partial charge in [-0.05, 0) is 49.9 Å². The topological polar surface area (TPSA) is 63.4 Å². The van der Waals surface area contributed by atoms with Crippen LogP contribution >= 0.6 is 0 Å². The summed E-state index contributed by atoms with van der Waals surface area (Å²) in [4.78, 5) is 33.1. The summed E-state index contributed by atoms with van der Waals surface area (Å²) < 4.78 is 6.28. The Balaban J connectivity index is 1.64. The van der Waals surface area contributed by atoms with Crippen LogP contribution in [0.3, 0.4) is 0 Å². The number of benzene rings is 2. The number of para-hydroxylation sites is 1. The van der Waals surface area contributed by atoms with E-state index in [0.717, 1.165) is 30.4 Å². The second-order valence-electron chi connectivity index (χ2n) is 8.23. The second kappa shape index (κ2) is 8.42. The van der Waals surface area contributed by atoms with Gasteiger partial charge in [0.1, 0.15) is 5.76 Å². The van der Waals surface area contributed by atoms with E-state index in [1.165, 1.54) is 0 Å². The minimum atomic E-state index is -0.116. The Morgan fingerprint density at radius 3 is 2.66 bits per heavy atom. The maximum absolute atomic E-state index is 13.8. The highest BCUT2D eigenvalue weighted by molar-refractivity contribution is 6.05. The summed E-state index contributed by atoms with van der Waals surface area (Å²) >= 11 is 0. The van der Waals surface area contributed by atoms with Crippen molar-refractivity contribution in [1.29, 1.82) is 0 Å². The molecule has 1 aliphatic rings.